The van der Waals surface area contributed by atoms with E-state index in [0.29, 0.717) is 5.56 Å². The molecule has 0 saturated carbocycles. The third kappa shape index (κ3) is 3.86. The molecule has 3 nitrogen and oxygen atoms in total. The van der Waals surface area contributed by atoms with Gasteiger partial charge in [0.15, 0.2) is 0 Å². The van der Waals surface area contributed by atoms with Crippen molar-refractivity contribution in [2.45, 2.75) is 17.0 Å². The third-order valence-corrected chi connectivity index (χ3v) is 4.27. The fourth-order valence-corrected chi connectivity index (χ4v) is 2.70. The Bertz CT molecular complexity index is 516. The van der Waals surface area contributed by atoms with Crippen molar-refractivity contribution in [3.63, 3.8) is 0 Å². The number of hydrogen-bond donors (Lipinski definition) is 0. The second-order valence-electron chi connectivity index (χ2n) is 3.66. The normalized spacial score (nSPS) is 13.0. The van der Waals surface area contributed by atoms with Crippen molar-refractivity contribution < 1.29 is 21.6 Å². The van der Waals surface area contributed by atoms with Crippen LogP contribution in [-0.4, -0.2) is 32.5 Å². The summed E-state index contributed by atoms with van der Waals surface area (Å²) in [4.78, 5) is -0.201. The van der Waals surface area contributed by atoms with Gasteiger partial charge in [0.1, 0.15) is 6.54 Å². The molecule has 0 aromatic heterocycles. The smallest absolute Gasteiger partial charge is 0.207 e. The Morgan fingerprint density at radius 1 is 1.33 bits per heavy atom. The van der Waals surface area contributed by atoms with Gasteiger partial charge >= 0.3 is 6.18 Å². The van der Waals surface area contributed by atoms with Crippen molar-refractivity contribution in [3.05, 3.63) is 29.8 Å². The molecule has 18 heavy (non-hydrogen) atoms. The topological polar surface area (TPSA) is 37.4 Å². The standard InChI is InChI=1S/C10H11ClF3NO2S/c1-15(7-10(12,13)14)18(16,17)9-4-2-3-8(5-9)6-11/h2-5H,6-7H2,1H3. The van der Waals surface area contributed by atoms with Crippen LogP contribution in [0.5, 0.6) is 0 Å². The van der Waals surface area contributed by atoms with Gasteiger partial charge in [-0.15, -0.1) is 11.6 Å². The summed E-state index contributed by atoms with van der Waals surface area (Å²) in [6.07, 6.45) is -4.58. The highest BCUT2D eigenvalue weighted by Gasteiger charge is 2.34. The second-order valence-corrected chi connectivity index (χ2v) is 5.97. The van der Waals surface area contributed by atoms with E-state index >= 15 is 0 Å². The molecule has 0 aliphatic carbocycles. The number of hydrogen-bond acceptors (Lipinski definition) is 2. The highest BCUT2D eigenvalue weighted by Crippen LogP contribution is 2.22. The lowest BCUT2D eigenvalue weighted by atomic mass is 10.2. The summed E-state index contributed by atoms with van der Waals surface area (Å²) < 4.78 is 60.5. The van der Waals surface area contributed by atoms with Crippen LogP contribution in [0, 0.1) is 0 Å². The highest BCUT2D eigenvalue weighted by molar-refractivity contribution is 7.89. The molecule has 0 aliphatic rings. The molecular formula is C10H11ClF3NO2S. The molecule has 1 rings (SSSR count). The van der Waals surface area contributed by atoms with Crippen LogP contribution in [0.2, 0.25) is 0 Å². The summed E-state index contributed by atoms with van der Waals surface area (Å²) in [6, 6.07) is 5.52. The van der Waals surface area contributed by atoms with Crippen molar-refractivity contribution in [1.82, 2.24) is 4.31 Å². The van der Waals surface area contributed by atoms with Gasteiger partial charge in [-0.3, -0.25) is 0 Å². The number of nitrogens with zero attached hydrogens (tertiary/aromatic N) is 1. The van der Waals surface area contributed by atoms with E-state index in [4.69, 9.17) is 11.6 Å². The summed E-state index contributed by atoms with van der Waals surface area (Å²) in [5, 5.41) is 0. The summed E-state index contributed by atoms with van der Waals surface area (Å²) in [5.74, 6) is 0.0896. The predicted molar refractivity (Wildman–Crippen MR) is 61.9 cm³/mol. The van der Waals surface area contributed by atoms with Crippen molar-refractivity contribution in [1.29, 1.82) is 0 Å². The van der Waals surface area contributed by atoms with Crippen LogP contribution in [-0.2, 0) is 15.9 Å². The van der Waals surface area contributed by atoms with E-state index < -0.39 is 22.7 Å². The van der Waals surface area contributed by atoms with Crippen molar-refractivity contribution in [2.75, 3.05) is 13.6 Å². The number of alkyl halides is 4. The predicted octanol–water partition coefficient (Wildman–Crippen LogP) is 2.61. The Hall–Kier alpha value is -0.790. The van der Waals surface area contributed by atoms with Gasteiger partial charge < -0.3 is 0 Å². The third-order valence-electron chi connectivity index (χ3n) is 2.16. The molecule has 0 heterocycles. The van der Waals surface area contributed by atoms with Crippen LogP contribution in [0.1, 0.15) is 5.56 Å². The van der Waals surface area contributed by atoms with Gasteiger partial charge in [-0.1, -0.05) is 12.1 Å². The van der Waals surface area contributed by atoms with Gasteiger partial charge in [0, 0.05) is 12.9 Å². The van der Waals surface area contributed by atoms with Gasteiger partial charge in [0.2, 0.25) is 10.0 Å². The number of benzene rings is 1. The molecule has 0 bridgehead atoms. The molecule has 1 aromatic carbocycles. The van der Waals surface area contributed by atoms with E-state index in [1.807, 2.05) is 0 Å². The molecule has 0 atom stereocenters. The van der Waals surface area contributed by atoms with Crippen molar-refractivity contribution in [3.8, 4) is 0 Å². The average molecular weight is 302 g/mol. The maximum Gasteiger partial charge on any atom is 0.402 e. The number of rotatable bonds is 4. The fraction of sp³-hybridized carbons (Fsp3) is 0.400. The quantitative estimate of drug-likeness (QED) is 0.802. The van der Waals surface area contributed by atoms with E-state index in [0.717, 1.165) is 7.05 Å². The zero-order valence-electron chi connectivity index (χ0n) is 9.41. The van der Waals surface area contributed by atoms with Crippen LogP contribution in [0.3, 0.4) is 0 Å². The zero-order valence-corrected chi connectivity index (χ0v) is 11.0. The molecule has 0 N–H and O–H groups in total. The van der Waals surface area contributed by atoms with Crippen LogP contribution < -0.4 is 0 Å². The summed E-state index contributed by atoms with van der Waals surface area (Å²) in [6.45, 7) is -1.53. The SMILES string of the molecule is CN(CC(F)(F)F)S(=O)(=O)c1cccc(CCl)c1. The molecule has 0 spiro atoms. The highest BCUT2D eigenvalue weighted by atomic mass is 35.5. The molecule has 0 fully saturated rings. The lowest BCUT2D eigenvalue weighted by Gasteiger charge is -2.19. The first kappa shape index (κ1) is 15.3. The van der Waals surface area contributed by atoms with Crippen LogP contribution in [0.4, 0.5) is 13.2 Å². The monoisotopic (exact) mass is 301 g/mol. The first-order valence-electron chi connectivity index (χ1n) is 4.85. The van der Waals surface area contributed by atoms with E-state index in [1.54, 1.807) is 6.07 Å². The second kappa shape index (κ2) is 5.46. The average Bonchev–Trinajstić information content (AvgIpc) is 2.27. The van der Waals surface area contributed by atoms with Gasteiger partial charge in [-0.2, -0.15) is 17.5 Å². The number of sulfonamides is 1. The first-order chi connectivity index (χ1) is 8.16. The Morgan fingerprint density at radius 2 is 1.94 bits per heavy atom. The molecule has 0 aliphatic heterocycles. The molecule has 1 aromatic rings. The lowest BCUT2D eigenvalue weighted by molar-refractivity contribution is -0.134. The van der Waals surface area contributed by atoms with E-state index in [9.17, 15) is 21.6 Å². The molecular weight excluding hydrogens is 291 g/mol. The Morgan fingerprint density at radius 3 is 2.44 bits per heavy atom. The molecule has 0 saturated heterocycles. The summed E-state index contributed by atoms with van der Waals surface area (Å²) >= 11 is 5.55. The minimum atomic E-state index is -4.58. The molecule has 0 unspecified atom stereocenters. The minimum Gasteiger partial charge on any atom is -0.207 e. The Kier molecular flexibility index (Phi) is 4.63. The van der Waals surface area contributed by atoms with E-state index in [2.05, 4.69) is 0 Å². The van der Waals surface area contributed by atoms with Crippen LogP contribution >= 0.6 is 11.6 Å². The fourth-order valence-electron chi connectivity index (χ4n) is 1.31. The van der Waals surface area contributed by atoms with Gasteiger partial charge in [0.05, 0.1) is 4.90 Å². The van der Waals surface area contributed by atoms with Crippen LogP contribution in [0.15, 0.2) is 29.2 Å². The van der Waals surface area contributed by atoms with Crippen molar-refractivity contribution >= 4 is 21.6 Å². The summed E-state index contributed by atoms with van der Waals surface area (Å²) in [5.41, 5.74) is 0.526. The lowest BCUT2D eigenvalue weighted by Crippen LogP contribution is -2.35. The van der Waals surface area contributed by atoms with E-state index in [-0.39, 0.29) is 15.1 Å². The van der Waals surface area contributed by atoms with Gasteiger partial charge in [-0.25, -0.2) is 8.42 Å². The van der Waals surface area contributed by atoms with Crippen LogP contribution in [0.25, 0.3) is 0 Å². The maximum absolute atomic E-state index is 12.2. The molecule has 0 radical (unpaired) electrons. The largest absolute Gasteiger partial charge is 0.402 e. The molecule has 0 amide bonds. The zero-order chi connectivity index (χ0) is 14.0. The van der Waals surface area contributed by atoms with Gasteiger partial charge in [-0.05, 0) is 17.7 Å². The molecule has 102 valence electrons. The van der Waals surface area contributed by atoms with Crippen molar-refractivity contribution in [2.24, 2.45) is 0 Å². The molecule has 8 heteroatoms. The van der Waals surface area contributed by atoms with E-state index in [1.165, 1.54) is 18.2 Å². The number of halogens is 4. The summed E-state index contributed by atoms with van der Waals surface area (Å²) in [7, 11) is -3.26. The Balaban J connectivity index is 3.05. The Labute approximate surface area is 108 Å². The minimum absolute atomic E-state index is 0.0896. The van der Waals surface area contributed by atoms with Gasteiger partial charge in [0.25, 0.3) is 0 Å². The first-order valence-corrected chi connectivity index (χ1v) is 6.82. The maximum atomic E-state index is 12.2.